The molecule has 11 nitrogen and oxygen atoms in total. The molecule has 0 amide bonds. The maximum Gasteiger partial charge on any atom is 0.160 e. The third kappa shape index (κ3) is 13.2. The Morgan fingerprint density at radius 2 is 0.483 bits per heavy atom. The van der Waals surface area contributed by atoms with Crippen LogP contribution in [0.2, 0.25) is 39.3 Å². The molecule has 0 N–H and O–H groups in total. The number of rotatable bonds is 10. The molecule has 3 aliphatic rings. The van der Waals surface area contributed by atoms with E-state index in [2.05, 4.69) is 482 Å². The van der Waals surface area contributed by atoms with E-state index in [9.17, 15) is 0 Å². The highest BCUT2D eigenvalue weighted by Crippen LogP contribution is 2.49. The molecule has 12 heterocycles. The molecule has 15 heteroatoms. The largest absolute Gasteiger partial charge is 0.454 e. The van der Waals surface area contributed by atoms with Crippen molar-refractivity contribution in [2.75, 3.05) is 0 Å². The predicted molar refractivity (Wildman–Crippen MR) is 623 cm³/mol. The van der Waals surface area contributed by atoms with E-state index in [1.165, 1.54) is 144 Å². The highest BCUT2D eigenvalue weighted by molar-refractivity contribution is 7.26. The molecule has 694 valence electrons. The number of hydrogen-bond donors (Lipinski definition) is 0. The third-order valence-electron chi connectivity index (χ3n) is 31.3. The molecule has 0 fully saturated rings. The lowest BCUT2D eigenvalue weighted by Gasteiger charge is -2.22. The Balaban J connectivity index is 0.000000104. The summed E-state index contributed by atoms with van der Waals surface area (Å²) in [5.41, 5.74) is 32.5. The smallest absolute Gasteiger partial charge is 0.160 e. The zero-order valence-corrected chi connectivity index (χ0v) is 85.3. The summed E-state index contributed by atoms with van der Waals surface area (Å²) in [5, 5.41) is 23.1. The van der Waals surface area contributed by atoms with Gasteiger partial charge in [-0.1, -0.05) is 397 Å². The quantitative estimate of drug-likeness (QED) is 0.125. The van der Waals surface area contributed by atoms with Crippen LogP contribution in [0.5, 0.6) is 0 Å². The standard InChI is InChI=1S/C48H34N4Si.C42H29N3OSi.C42H29N3SSi/c1-53(2)42-24-14-11-21-39(42)44-47(53)43(49-48(50-44)32-15-5-3-6-16-32)31-25-27-34(28-26-31)52-41-23-13-10-20-36(41)38-30-29-37-35-19-9-12-22-40(35)51(45(37)46(38)52)33-17-7-4-8-18-33;2*1-47(2)36-19-11-8-16-33(36)38-41(47)37(43-42(44-38)27-12-4-3-5-13-27)26-20-22-28(23-21-26)45-34-17-9-6-14-29(34)31-24-25-32-30-15-7-10-18-35(30)46-40(32)39(31)45/h3-30H,1-2H3;2*3-25H,1-2H3. The van der Waals surface area contributed by atoms with Crippen molar-refractivity contribution in [3.63, 3.8) is 0 Å². The highest BCUT2D eigenvalue weighted by Gasteiger charge is 2.46. The molecule has 0 radical (unpaired) electrons. The summed E-state index contributed by atoms with van der Waals surface area (Å²) in [6.07, 6.45) is 0. The molecule has 147 heavy (non-hydrogen) atoms. The van der Waals surface area contributed by atoms with Gasteiger partial charge in [0, 0.05) is 125 Å². The van der Waals surface area contributed by atoms with Crippen LogP contribution in [0.3, 0.4) is 0 Å². The van der Waals surface area contributed by atoms with E-state index in [1.807, 2.05) is 35.6 Å². The lowest BCUT2D eigenvalue weighted by Crippen LogP contribution is -2.50. The highest BCUT2D eigenvalue weighted by atomic mass is 32.1. The second-order valence-electron chi connectivity index (χ2n) is 40.6. The Bertz CT molecular complexity index is 9960. The van der Waals surface area contributed by atoms with Crippen molar-refractivity contribution in [2.45, 2.75) is 39.3 Å². The van der Waals surface area contributed by atoms with Gasteiger partial charge in [0.25, 0.3) is 0 Å². The van der Waals surface area contributed by atoms with Crippen LogP contribution in [0.1, 0.15) is 0 Å². The maximum atomic E-state index is 6.58. The SMILES string of the molecule is C[Si]1(C)c2ccccc2-c2nc(-c3ccccc3)nc(-c3ccc(-n4c5ccccc5c5ccc6c7ccccc7n(-c7ccccc7)c6c54)cc3)c21.C[Si]1(C)c2ccccc2-c2nc(-c3ccccc3)nc(-c3ccc(-n4c5ccccc5c5ccc6c7ccccc7oc6c54)cc3)c21.C[Si]1(C)c2ccccc2-c2nc(-c3ccccc3)nc(-c3ccc(-n4c5ccccc5c5ccc6c7ccccc7sc6c54)cc3)c21. The molecule has 3 aliphatic heterocycles. The minimum atomic E-state index is -2.09. The number of hydrogen-bond acceptors (Lipinski definition) is 8. The van der Waals surface area contributed by atoms with Gasteiger partial charge in [-0.2, -0.15) is 0 Å². The number of furan rings is 1. The topological polar surface area (TPSA) is 110 Å². The van der Waals surface area contributed by atoms with Crippen molar-refractivity contribution in [2.24, 2.45) is 0 Å². The van der Waals surface area contributed by atoms with E-state index in [0.717, 1.165) is 141 Å². The van der Waals surface area contributed by atoms with Gasteiger partial charge >= 0.3 is 0 Å². The first kappa shape index (κ1) is 86.0. The van der Waals surface area contributed by atoms with Gasteiger partial charge in [0.15, 0.2) is 23.1 Å². The normalized spacial score (nSPS) is 13.4. The van der Waals surface area contributed by atoms with Crippen LogP contribution in [-0.2, 0) is 0 Å². The van der Waals surface area contributed by atoms with Gasteiger partial charge < -0.3 is 22.7 Å². The number of para-hydroxylation sites is 6. The average Bonchev–Trinajstić information content (AvgIpc) is 1.54. The summed E-state index contributed by atoms with van der Waals surface area (Å²) in [4.78, 5) is 31.8. The molecule has 19 aromatic carbocycles. The van der Waals surface area contributed by atoms with Crippen LogP contribution < -0.4 is 31.1 Å². The molecule has 28 aromatic rings. The second kappa shape index (κ2) is 33.2. The van der Waals surface area contributed by atoms with Gasteiger partial charge in [-0.25, -0.2) is 29.9 Å². The van der Waals surface area contributed by atoms with E-state index in [4.69, 9.17) is 34.3 Å². The van der Waals surface area contributed by atoms with Crippen LogP contribution in [0.4, 0.5) is 0 Å². The zero-order chi connectivity index (χ0) is 97.8. The Kier molecular flexibility index (Phi) is 19.4. The van der Waals surface area contributed by atoms with E-state index in [0.29, 0.717) is 0 Å². The Morgan fingerprint density at radius 1 is 0.204 bits per heavy atom. The predicted octanol–water partition coefficient (Wildman–Crippen LogP) is 30.5. The molecule has 0 spiro atoms. The Hall–Kier alpha value is -17.7. The number of aromatic nitrogens is 10. The molecule has 0 bridgehead atoms. The van der Waals surface area contributed by atoms with Crippen LogP contribution in [-0.4, -0.2) is 72.4 Å². The summed E-state index contributed by atoms with van der Waals surface area (Å²) in [6, 6.07) is 161. The van der Waals surface area contributed by atoms with E-state index in [1.54, 1.807) is 0 Å². The summed E-state index contributed by atoms with van der Waals surface area (Å²) < 4.78 is 18.9. The van der Waals surface area contributed by atoms with Gasteiger partial charge in [0.05, 0.1) is 83.0 Å². The minimum absolute atomic E-state index is 0.764. The summed E-state index contributed by atoms with van der Waals surface area (Å²) in [5.74, 6) is 2.31. The van der Waals surface area contributed by atoms with Crippen molar-refractivity contribution in [3.8, 4) is 124 Å². The van der Waals surface area contributed by atoms with Crippen LogP contribution in [0, 0.1) is 0 Å². The van der Waals surface area contributed by atoms with Crippen LogP contribution in [0.25, 0.3) is 254 Å². The van der Waals surface area contributed by atoms with Gasteiger partial charge in [-0.15, -0.1) is 11.3 Å². The lowest BCUT2D eigenvalue weighted by atomic mass is 10.1. The fourth-order valence-electron chi connectivity index (χ4n) is 24.5. The fraction of sp³-hybridized carbons (Fsp3) is 0.0455. The molecular weight excluding hydrogens is 1860 g/mol. The Labute approximate surface area is 854 Å². The monoisotopic (exact) mass is 1950 g/mol. The zero-order valence-electron chi connectivity index (χ0n) is 81.5. The van der Waals surface area contributed by atoms with E-state index in [-0.39, 0.29) is 0 Å². The van der Waals surface area contributed by atoms with Crippen molar-refractivity contribution in [1.82, 2.24) is 48.2 Å². The van der Waals surface area contributed by atoms with Gasteiger partial charge in [-0.05, 0) is 139 Å². The maximum absolute atomic E-state index is 6.58. The molecular formula is C132H92N10OSSi3. The third-order valence-corrected chi connectivity index (χ3v) is 43.0. The molecule has 9 aromatic heterocycles. The average molecular weight is 1950 g/mol. The summed E-state index contributed by atoms with van der Waals surface area (Å²) >= 11 is 1.89. The first-order valence-electron chi connectivity index (χ1n) is 50.5. The minimum Gasteiger partial charge on any atom is -0.454 e. The van der Waals surface area contributed by atoms with E-state index >= 15 is 0 Å². The van der Waals surface area contributed by atoms with Gasteiger partial charge in [0.2, 0.25) is 0 Å². The van der Waals surface area contributed by atoms with Crippen LogP contribution in [0.15, 0.2) is 453 Å². The molecule has 0 unspecified atom stereocenters. The number of benzene rings is 19. The van der Waals surface area contributed by atoms with Crippen molar-refractivity contribution < 1.29 is 4.42 Å². The van der Waals surface area contributed by atoms with Crippen molar-refractivity contribution in [1.29, 1.82) is 0 Å². The molecule has 0 saturated carbocycles. The van der Waals surface area contributed by atoms with Gasteiger partial charge in [-0.3, -0.25) is 0 Å². The summed E-state index contributed by atoms with van der Waals surface area (Å²) in [6.45, 7) is 14.6. The van der Waals surface area contributed by atoms with Crippen molar-refractivity contribution in [3.05, 3.63) is 449 Å². The van der Waals surface area contributed by atoms with Gasteiger partial charge in [0.1, 0.15) is 29.8 Å². The van der Waals surface area contributed by atoms with Crippen LogP contribution >= 0.6 is 11.3 Å². The first-order chi connectivity index (χ1) is 72.2. The molecule has 0 saturated heterocycles. The second-order valence-corrected chi connectivity index (χ2v) is 54.5. The molecule has 0 atom stereocenters. The van der Waals surface area contributed by atoms with E-state index < -0.39 is 24.2 Å². The first-order valence-corrected chi connectivity index (χ1v) is 60.3. The lowest BCUT2D eigenvalue weighted by molar-refractivity contribution is 0.671. The Morgan fingerprint density at radius 3 is 0.878 bits per heavy atom. The fourth-order valence-corrected chi connectivity index (χ4v) is 35.5. The number of fused-ring (bicyclic) bond motifs is 30. The molecule has 31 rings (SSSR count). The van der Waals surface area contributed by atoms with Crippen molar-refractivity contribution >= 4 is 196 Å². The number of thiophene rings is 1. The summed E-state index contributed by atoms with van der Waals surface area (Å²) in [7, 11) is -6.20. The molecule has 0 aliphatic carbocycles. The number of nitrogens with zero attached hydrogens (tertiary/aromatic N) is 10.